The molecular formula is C10H18N2S. The Balaban J connectivity index is 2.40. The summed E-state index contributed by atoms with van der Waals surface area (Å²) >= 11 is 1.77. The van der Waals surface area contributed by atoms with Crippen LogP contribution in [0.5, 0.6) is 0 Å². The summed E-state index contributed by atoms with van der Waals surface area (Å²) in [5.74, 6) is 0.563. The van der Waals surface area contributed by atoms with Crippen LogP contribution in [-0.2, 0) is 6.42 Å². The molecule has 0 aliphatic rings. The van der Waals surface area contributed by atoms with Gasteiger partial charge >= 0.3 is 0 Å². The maximum atomic E-state index is 5.43. The van der Waals surface area contributed by atoms with Crippen molar-refractivity contribution in [2.75, 3.05) is 6.54 Å². The fraction of sp³-hybridized carbons (Fsp3) is 0.700. The van der Waals surface area contributed by atoms with Gasteiger partial charge in [-0.25, -0.2) is 4.98 Å². The number of nitrogens with two attached hydrogens (primary N) is 1. The average Bonchev–Trinajstić information content (AvgIpc) is 2.53. The molecule has 0 unspecified atom stereocenters. The lowest BCUT2D eigenvalue weighted by Gasteiger charge is -1.97. The van der Waals surface area contributed by atoms with Crippen LogP contribution in [0.3, 0.4) is 0 Å². The van der Waals surface area contributed by atoms with Crippen LogP contribution in [0.1, 0.15) is 43.3 Å². The predicted octanol–water partition coefficient (Wildman–Crippen LogP) is 2.55. The van der Waals surface area contributed by atoms with Gasteiger partial charge in [-0.3, -0.25) is 0 Å². The summed E-state index contributed by atoms with van der Waals surface area (Å²) in [5, 5.41) is 3.43. The van der Waals surface area contributed by atoms with Crippen LogP contribution in [0, 0.1) is 0 Å². The van der Waals surface area contributed by atoms with Gasteiger partial charge in [0, 0.05) is 11.3 Å². The molecule has 0 saturated heterocycles. The molecule has 2 N–H and O–H groups in total. The molecule has 0 spiro atoms. The molecule has 1 aromatic heterocycles. The molecule has 0 aliphatic heterocycles. The maximum Gasteiger partial charge on any atom is 0.0953 e. The van der Waals surface area contributed by atoms with E-state index in [1.807, 2.05) is 0 Å². The molecule has 0 radical (unpaired) electrons. The van der Waals surface area contributed by atoms with E-state index in [-0.39, 0.29) is 0 Å². The van der Waals surface area contributed by atoms with E-state index in [4.69, 9.17) is 5.73 Å². The zero-order valence-electron chi connectivity index (χ0n) is 8.42. The third-order valence-electron chi connectivity index (χ3n) is 1.95. The Hall–Kier alpha value is -0.410. The van der Waals surface area contributed by atoms with Crippen molar-refractivity contribution < 1.29 is 0 Å². The predicted molar refractivity (Wildman–Crippen MR) is 58.2 cm³/mol. The highest BCUT2D eigenvalue weighted by molar-refractivity contribution is 7.09. The number of thiazole rings is 1. The summed E-state index contributed by atoms with van der Waals surface area (Å²) in [6.07, 6.45) is 3.35. The molecule has 3 heteroatoms. The molecule has 74 valence electrons. The second-order valence-electron chi connectivity index (χ2n) is 3.58. The first-order valence-electron chi connectivity index (χ1n) is 4.88. The number of hydrogen-bond acceptors (Lipinski definition) is 3. The van der Waals surface area contributed by atoms with E-state index in [0.717, 1.165) is 25.8 Å². The Kier molecular flexibility index (Phi) is 4.39. The molecule has 0 atom stereocenters. The van der Waals surface area contributed by atoms with E-state index in [2.05, 4.69) is 24.2 Å². The standard InChI is InChI=1S/C10H18N2S/c1-8(2)10-12-9(7-13-10)5-3-4-6-11/h7-8H,3-6,11H2,1-2H3. The number of aryl methyl sites for hydroxylation is 1. The van der Waals surface area contributed by atoms with E-state index >= 15 is 0 Å². The molecule has 0 saturated carbocycles. The SMILES string of the molecule is CC(C)c1nc(CCCCN)cs1. The normalized spacial score (nSPS) is 11.1. The quantitative estimate of drug-likeness (QED) is 0.738. The van der Waals surface area contributed by atoms with Crippen molar-refractivity contribution in [1.29, 1.82) is 0 Å². The molecule has 0 bridgehead atoms. The van der Waals surface area contributed by atoms with Gasteiger partial charge in [-0.1, -0.05) is 13.8 Å². The van der Waals surface area contributed by atoms with Crippen LogP contribution in [0.25, 0.3) is 0 Å². The summed E-state index contributed by atoms with van der Waals surface area (Å²) in [5.41, 5.74) is 6.67. The summed E-state index contributed by atoms with van der Waals surface area (Å²) in [6, 6.07) is 0. The van der Waals surface area contributed by atoms with Crippen molar-refractivity contribution in [2.24, 2.45) is 5.73 Å². The number of aromatic nitrogens is 1. The van der Waals surface area contributed by atoms with Crippen molar-refractivity contribution in [2.45, 2.75) is 39.0 Å². The third-order valence-corrected chi connectivity index (χ3v) is 3.14. The molecule has 0 aromatic carbocycles. The first kappa shape index (κ1) is 10.7. The van der Waals surface area contributed by atoms with Gasteiger partial charge in [0.05, 0.1) is 10.7 Å². The van der Waals surface area contributed by atoms with Gasteiger partial charge < -0.3 is 5.73 Å². The molecule has 13 heavy (non-hydrogen) atoms. The van der Waals surface area contributed by atoms with Crippen molar-refractivity contribution in [3.05, 3.63) is 16.1 Å². The van der Waals surface area contributed by atoms with Crippen molar-refractivity contribution in [3.8, 4) is 0 Å². The maximum absolute atomic E-state index is 5.43. The zero-order valence-corrected chi connectivity index (χ0v) is 9.23. The number of unbranched alkanes of at least 4 members (excludes halogenated alkanes) is 1. The van der Waals surface area contributed by atoms with Gasteiger partial charge in [0.15, 0.2) is 0 Å². The monoisotopic (exact) mass is 198 g/mol. The van der Waals surface area contributed by atoms with Gasteiger partial charge in [0.1, 0.15) is 0 Å². The molecule has 2 nitrogen and oxygen atoms in total. The molecule has 1 aromatic rings. The molecule has 1 rings (SSSR count). The second kappa shape index (κ2) is 5.35. The van der Waals surface area contributed by atoms with Crippen LogP contribution >= 0.6 is 11.3 Å². The van der Waals surface area contributed by atoms with Gasteiger partial charge in [-0.05, 0) is 25.8 Å². The summed E-state index contributed by atoms with van der Waals surface area (Å²) in [4.78, 5) is 4.56. The van der Waals surface area contributed by atoms with E-state index in [0.29, 0.717) is 5.92 Å². The van der Waals surface area contributed by atoms with Crippen molar-refractivity contribution in [3.63, 3.8) is 0 Å². The van der Waals surface area contributed by atoms with Crippen LogP contribution in [0.4, 0.5) is 0 Å². The summed E-state index contributed by atoms with van der Waals surface area (Å²) < 4.78 is 0. The number of hydrogen-bond donors (Lipinski definition) is 1. The van der Waals surface area contributed by atoms with Gasteiger partial charge in [-0.15, -0.1) is 11.3 Å². The first-order valence-corrected chi connectivity index (χ1v) is 5.76. The highest BCUT2D eigenvalue weighted by atomic mass is 32.1. The van der Waals surface area contributed by atoms with Gasteiger partial charge in [0.25, 0.3) is 0 Å². The molecule has 0 amide bonds. The summed E-state index contributed by atoms with van der Waals surface area (Å²) in [6.45, 7) is 5.16. The van der Waals surface area contributed by atoms with E-state index in [1.54, 1.807) is 11.3 Å². The fourth-order valence-corrected chi connectivity index (χ4v) is 2.02. The van der Waals surface area contributed by atoms with Crippen LogP contribution in [-0.4, -0.2) is 11.5 Å². The lowest BCUT2D eigenvalue weighted by molar-refractivity contribution is 0.729. The van der Waals surface area contributed by atoms with E-state index in [9.17, 15) is 0 Å². The lowest BCUT2D eigenvalue weighted by atomic mass is 10.2. The Morgan fingerprint density at radius 3 is 2.77 bits per heavy atom. The lowest BCUT2D eigenvalue weighted by Crippen LogP contribution is -1.99. The Morgan fingerprint density at radius 1 is 1.46 bits per heavy atom. The second-order valence-corrected chi connectivity index (χ2v) is 4.47. The number of nitrogens with zero attached hydrogens (tertiary/aromatic N) is 1. The summed E-state index contributed by atoms with van der Waals surface area (Å²) in [7, 11) is 0. The number of rotatable bonds is 5. The minimum atomic E-state index is 0.563. The van der Waals surface area contributed by atoms with Gasteiger partial charge in [0.2, 0.25) is 0 Å². The Morgan fingerprint density at radius 2 is 2.23 bits per heavy atom. The average molecular weight is 198 g/mol. The van der Waals surface area contributed by atoms with E-state index in [1.165, 1.54) is 10.7 Å². The highest BCUT2D eigenvalue weighted by Gasteiger charge is 2.04. The van der Waals surface area contributed by atoms with E-state index < -0.39 is 0 Å². The van der Waals surface area contributed by atoms with Crippen molar-refractivity contribution >= 4 is 11.3 Å². The van der Waals surface area contributed by atoms with Gasteiger partial charge in [-0.2, -0.15) is 0 Å². The minimum Gasteiger partial charge on any atom is -0.330 e. The fourth-order valence-electron chi connectivity index (χ4n) is 1.15. The minimum absolute atomic E-state index is 0.563. The first-order chi connectivity index (χ1) is 6.24. The molecule has 0 fully saturated rings. The topological polar surface area (TPSA) is 38.9 Å². The van der Waals surface area contributed by atoms with Crippen LogP contribution < -0.4 is 5.73 Å². The largest absolute Gasteiger partial charge is 0.330 e. The smallest absolute Gasteiger partial charge is 0.0953 e. The van der Waals surface area contributed by atoms with Crippen molar-refractivity contribution in [1.82, 2.24) is 4.98 Å². The zero-order chi connectivity index (χ0) is 9.68. The molecular weight excluding hydrogens is 180 g/mol. The highest BCUT2D eigenvalue weighted by Crippen LogP contribution is 2.19. The van der Waals surface area contributed by atoms with Crippen LogP contribution in [0.2, 0.25) is 0 Å². The third kappa shape index (κ3) is 3.44. The molecule has 1 heterocycles. The Labute approximate surface area is 84.2 Å². The Bertz CT molecular complexity index is 243. The van der Waals surface area contributed by atoms with Crippen LogP contribution in [0.15, 0.2) is 5.38 Å². The molecule has 0 aliphatic carbocycles.